The van der Waals surface area contributed by atoms with Crippen molar-refractivity contribution in [1.82, 2.24) is 0 Å². The number of thiophene rings is 3. The molecule has 15 aromatic rings. The van der Waals surface area contributed by atoms with E-state index in [1.807, 2.05) is 34.0 Å². The lowest BCUT2D eigenvalue weighted by Crippen LogP contribution is -2.16. The zero-order chi connectivity index (χ0) is 51.5. The van der Waals surface area contributed by atoms with Crippen LogP contribution in [-0.4, -0.2) is 0 Å². The molecule has 3 heterocycles. The van der Waals surface area contributed by atoms with Gasteiger partial charge in [0.25, 0.3) is 0 Å². The van der Waals surface area contributed by atoms with Gasteiger partial charge in [-0.05, 0) is 131 Å². The van der Waals surface area contributed by atoms with Crippen molar-refractivity contribution in [2.24, 2.45) is 0 Å². The molecular weight excluding hydrogens is 1000 g/mol. The zero-order valence-electron chi connectivity index (χ0n) is 42.2. The van der Waals surface area contributed by atoms with E-state index in [1.165, 1.54) is 82.8 Å². The van der Waals surface area contributed by atoms with Gasteiger partial charge < -0.3 is 14.7 Å². The number of benzene rings is 12. The van der Waals surface area contributed by atoms with Gasteiger partial charge in [0.1, 0.15) is 0 Å². The molecule has 0 fully saturated rings. The van der Waals surface area contributed by atoms with Crippen molar-refractivity contribution < 1.29 is 0 Å². The summed E-state index contributed by atoms with van der Waals surface area (Å²) >= 11 is 5.57. The minimum absolute atomic E-state index is 1.02. The van der Waals surface area contributed by atoms with Gasteiger partial charge in [-0.2, -0.15) is 0 Å². The van der Waals surface area contributed by atoms with Gasteiger partial charge in [0.2, 0.25) is 0 Å². The SMILES string of the molecule is c1ccc(-c2ccc(N(c3ccc(-c4ccc5sc6ccccc6c5c4)cc3)c3cc(N(c4ccccc4)c4cccc5c4sc4ccccc45)cc(N(c4ccccc4)c4cccc5c4sc4ccccc45)c3)cc2)cc1. The van der Waals surface area contributed by atoms with E-state index < -0.39 is 0 Å². The topological polar surface area (TPSA) is 9.72 Å². The van der Waals surface area contributed by atoms with Gasteiger partial charge in [-0.1, -0.05) is 176 Å². The van der Waals surface area contributed by atoms with Gasteiger partial charge in [-0.15, -0.1) is 34.0 Å². The zero-order valence-corrected chi connectivity index (χ0v) is 44.7. The fraction of sp³-hybridized carbons (Fsp3) is 0. The molecule has 12 aromatic carbocycles. The minimum atomic E-state index is 1.02. The van der Waals surface area contributed by atoms with Crippen molar-refractivity contribution >= 4 is 146 Å². The highest BCUT2D eigenvalue weighted by atomic mass is 32.1. The fourth-order valence-corrected chi connectivity index (χ4v) is 14.9. The molecule has 78 heavy (non-hydrogen) atoms. The summed E-state index contributed by atoms with van der Waals surface area (Å²) in [4.78, 5) is 7.38. The Morgan fingerprint density at radius 3 is 1.04 bits per heavy atom. The van der Waals surface area contributed by atoms with E-state index >= 15 is 0 Å². The lowest BCUT2D eigenvalue weighted by Gasteiger charge is -2.33. The molecule has 0 atom stereocenters. The number of hydrogen-bond acceptors (Lipinski definition) is 6. The molecule has 0 spiro atoms. The first-order valence-electron chi connectivity index (χ1n) is 26.3. The molecule has 15 rings (SSSR count). The van der Waals surface area contributed by atoms with Crippen molar-refractivity contribution in [1.29, 1.82) is 0 Å². The monoisotopic (exact) mass is 1050 g/mol. The Morgan fingerprint density at radius 2 is 0.538 bits per heavy atom. The van der Waals surface area contributed by atoms with E-state index in [-0.39, 0.29) is 0 Å². The van der Waals surface area contributed by atoms with Gasteiger partial charge in [0.05, 0.1) is 37.8 Å². The van der Waals surface area contributed by atoms with Gasteiger partial charge in [-0.3, -0.25) is 0 Å². The molecule has 0 bridgehead atoms. The van der Waals surface area contributed by atoms with Crippen LogP contribution in [0.4, 0.5) is 51.2 Å². The van der Waals surface area contributed by atoms with Crippen molar-refractivity contribution in [2.45, 2.75) is 0 Å². The van der Waals surface area contributed by atoms with E-state index in [9.17, 15) is 0 Å². The van der Waals surface area contributed by atoms with E-state index in [2.05, 4.69) is 300 Å². The molecule has 0 aliphatic heterocycles. The van der Waals surface area contributed by atoms with Crippen LogP contribution in [0.3, 0.4) is 0 Å². The highest BCUT2D eigenvalue weighted by Crippen LogP contribution is 2.51. The van der Waals surface area contributed by atoms with Crippen LogP contribution in [0.2, 0.25) is 0 Å². The first kappa shape index (κ1) is 46.0. The Hall–Kier alpha value is -9.30. The van der Waals surface area contributed by atoms with Crippen LogP contribution in [0.1, 0.15) is 0 Å². The predicted molar refractivity (Wildman–Crippen MR) is 340 cm³/mol. The molecule has 0 aliphatic carbocycles. The van der Waals surface area contributed by atoms with Crippen molar-refractivity contribution in [3.8, 4) is 22.3 Å². The number of hydrogen-bond donors (Lipinski definition) is 0. The van der Waals surface area contributed by atoms with E-state index in [1.54, 1.807) is 0 Å². The van der Waals surface area contributed by atoms with Crippen molar-refractivity contribution in [3.05, 3.63) is 285 Å². The third-order valence-corrected chi connectivity index (χ3v) is 18.6. The third-order valence-electron chi connectivity index (χ3n) is 15.0. The summed E-state index contributed by atoms with van der Waals surface area (Å²) in [6, 6.07) is 105. The lowest BCUT2D eigenvalue weighted by molar-refractivity contribution is 1.23. The Bertz CT molecular complexity index is 4500. The highest BCUT2D eigenvalue weighted by molar-refractivity contribution is 7.27. The quantitative estimate of drug-likeness (QED) is 0.128. The van der Waals surface area contributed by atoms with Crippen LogP contribution in [0.5, 0.6) is 0 Å². The first-order valence-corrected chi connectivity index (χ1v) is 28.8. The first-order chi connectivity index (χ1) is 38.7. The normalized spacial score (nSPS) is 11.6. The average Bonchev–Trinajstić information content (AvgIpc) is 4.22. The Kier molecular flexibility index (Phi) is 11.4. The second-order valence-electron chi connectivity index (χ2n) is 19.7. The molecule has 0 aliphatic rings. The smallest absolute Gasteiger partial charge is 0.0640 e. The second-order valence-corrected chi connectivity index (χ2v) is 22.8. The molecule has 0 amide bonds. The minimum Gasteiger partial charge on any atom is -0.310 e. The Labute approximate surface area is 464 Å². The van der Waals surface area contributed by atoms with Crippen molar-refractivity contribution in [3.63, 3.8) is 0 Å². The maximum Gasteiger partial charge on any atom is 0.0640 e. The van der Waals surface area contributed by atoms with Crippen LogP contribution in [0.25, 0.3) is 82.8 Å². The maximum atomic E-state index is 2.47. The molecule has 0 saturated heterocycles. The summed E-state index contributed by atoms with van der Waals surface area (Å²) in [5.74, 6) is 0. The summed E-state index contributed by atoms with van der Waals surface area (Å²) in [5.41, 5.74) is 14.3. The molecular formula is C72H47N3S3. The Balaban J connectivity index is 0.987. The molecule has 6 heteroatoms. The lowest BCUT2D eigenvalue weighted by atomic mass is 10.0. The van der Waals surface area contributed by atoms with Gasteiger partial charge in [0.15, 0.2) is 0 Å². The number of anilines is 9. The number of fused-ring (bicyclic) bond motifs is 9. The van der Waals surface area contributed by atoms with Crippen LogP contribution in [0, 0.1) is 0 Å². The van der Waals surface area contributed by atoms with Crippen LogP contribution in [0.15, 0.2) is 285 Å². The van der Waals surface area contributed by atoms with E-state index in [4.69, 9.17) is 0 Å². The number of rotatable bonds is 11. The summed E-state index contributed by atoms with van der Waals surface area (Å²) in [7, 11) is 0. The molecule has 0 saturated carbocycles. The second kappa shape index (κ2) is 19.4. The molecule has 368 valence electrons. The summed E-state index contributed by atoms with van der Waals surface area (Å²) in [5, 5.41) is 7.64. The summed E-state index contributed by atoms with van der Waals surface area (Å²) < 4.78 is 7.63. The Morgan fingerprint density at radius 1 is 0.192 bits per heavy atom. The van der Waals surface area contributed by atoms with Crippen molar-refractivity contribution in [2.75, 3.05) is 14.7 Å². The summed E-state index contributed by atoms with van der Waals surface area (Å²) in [6.07, 6.45) is 0. The summed E-state index contributed by atoms with van der Waals surface area (Å²) in [6.45, 7) is 0. The highest BCUT2D eigenvalue weighted by Gasteiger charge is 2.26. The van der Waals surface area contributed by atoms with Gasteiger partial charge >= 0.3 is 0 Å². The van der Waals surface area contributed by atoms with Crippen LogP contribution in [-0.2, 0) is 0 Å². The predicted octanol–water partition coefficient (Wildman–Crippen LogP) is 22.5. The van der Waals surface area contributed by atoms with E-state index in [0.717, 1.165) is 51.2 Å². The van der Waals surface area contributed by atoms with E-state index in [0.29, 0.717) is 0 Å². The van der Waals surface area contributed by atoms with Crippen LogP contribution < -0.4 is 14.7 Å². The maximum absolute atomic E-state index is 2.47. The molecule has 3 aromatic heterocycles. The van der Waals surface area contributed by atoms with Crippen LogP contribution >= 0.6 is 34.0 Å². The number of nitrogens with zero attached hydrogens (tertiary/aromatic N) is 3. The third kappa shape index (κ3) is 8.09. The molecule has 3 nitrogen and oxygen atoms in total. The van der Waals surface area contributed by atoms with Gasteiger partial charge in [0, 0.05) is 73.9 Å². The largest absolute Gasteiger partial charge is 0.310 e. The molecule has 0 unspecified atom stereocenters. The molecule has 0 N–H and O–H groups in total. The number of para-hydroxylation sites is 2. The standard InChI is InChI=1S/C72H47N3S3/c1-4-18-48(19-5-1)49-34-39-54(40-35-49)73(55-41-36-50(37-42-55)51-38-43-70-64(44-51)61-26-12-13-31-67(61)76-70)56-45-57(74(52-20-6-2-7-21-52)65-29-16-27-62-59-24-10-14-32-68(59)77-71(62)65)47-58(46-56)75(53-22-8-3-9-23-53)66-30-17-28-63-60-25-11-15-33-69(60)78-72(63)66/h1-47H. The fourth-order valence-electron chi connectivity index (χ4n) is 11.4. The average molecular weight is 1050 g/mol. The van der Waals surface area contributed by atoms with Gasteiger partial charge in [-0.25, -0.2) is 0 Å². The molecule has 0 radical (unpaired) electrons.